The summed E-state index contributed by atoms with van der Waals surface area (Å²) in [6.07, 6.45) is 5.21. The molecule has 2 rings (SSSR count). The van der Waals surface area contributed by atoms with E-state index >= 15 is 0 Å². The molecule has 1 fully saturated rings. The van der Waals surface area contributed by atoms with Crippen LogP contribution in [0, 0.1) is 0 Å². The molecule has 0 aromatic heterocycles. The van der Waals surface area contributed by atoms with Gasteiger partial charge in [0, 0.05) is 18.7 Å². The average Bonchev–Trinajstić information content (AvgIpc) is 2.40. The van der Waals surface area contributed by atoms with Crippen molar-refractivity contribution in [1.82, 2.24) is 5.32 Å². The molecule has 0 unspecified atom stereocenters. The second-order valence-electron chi connectivity index (χ2n) is 5.48. The number of benzene rings is 1. The lowest BCUT2D eigenvalue weighted by atomic mass is 9.80. The predicted molar refractivity (Wildman–Crippen MR) is 79.1 cm³/mol. The van der Waals surface area contributed by atoms with Crippen molar-refractivity contribution in [3.8, 4) is 11.5 Å². The highest BCUT2D eigenvalue weighted by Crippen LogP contribution is 2.33. The van der Waals surface area contributed by atoms with Gasteiger partial charge in [-0.1, -0.05) is 12.1 Å². The minimum absolute atomic E-state index is 0.175. The summed E-state index contributed by atoms with van der Waals surface area (Å²) in [7, 11) is 1.54. The highest BCUT2D eigenvalue weighted by atomic mass is 16.5. The summed E-state index contributed by atoms with van der Waals surface area (Å²) in [6, 6.07) is 3.76. The number of rotatable bonds is 7. The number of methoxy groups -OCH3 is 1. The molecule has 4 nitrogen and oxygen atoms in total. The van der Waals surface area contributed by atoms with Gasteiger partial charge in [0.2, 0.25) is 0 Å². The largest absolute Gasteiger partial charge is 0.504 e. The molecular weight excluding hydrogens is 254 g/mol. The zero-order valence-electron chi connectivity index (χ0n) is 12.0. The van der Waals surface area contributed by atoms with Crippen molar-refractivity contribution in [2.75, 3.05) is 13.7 Å². The highest BCUT2D eigenvalue weighted by Gasteiger charge is 2.33. The van der Waals surface area contributed by atoms with E-state index in [0.717, 1.165) is 30.4 Å². The molecule has 1 saturated carbocycles. The maximum atomic E-state index is 10.0. The number of phenolic OH excluding ortho intramolecular Hbond substituents is 1. The van der Waals surface area contributed by atoms with E-state index in [-0.39, 0.29) is 5.75 Å². The number of aromatic hydroxyl groups is 1. The maximum Gasteiger partial charge on any atom is 0.161 e. The van der Waals surface area contributed by atoms with E-state index in [1.54, 1.807) is 13.2 Å². The second-order valence-corrected chi connectivity index (χ2v) is 5.48. The van der Waals surface area contributed by atoms with Gasteiger partial charge in [-0.2, -0.15) is 0 Å². The lowest BCUT2D eigenvalue weighted by Crippen LogP contribution is -2.45. The fourth-order valence-electron chi connectivity index (χ4n) is 2.50. The topological polar surface area (TPSA) is 61.7 Å². The molecule has 0 spiro atoms. The van der Waals surface area contributed by atoms with E-state index in [2.05, 4.69) is 11.9 Å². The molecular formula is C16H23NO3. The molecule has 0 bridgehead atoms. The van der Waals surface area contributed by atoms with Gasteiger partial charge in [-0.15, -0.1) is 6.58 Å². The van der Waals surface area contributed by atoms with Gasteiger partial charge in [0.25, 0.3) is 0 Å². The Hall–Kier alpha value is -1.52. The van der Waals surface area contributed by atoms with Crippen LogP contribution in [0.1, 0.15) is 30.4 Å². The van der Waals surface area contributed by atoms with Gasteiger partial charge in [-0.3, -0.25) is 0 Å². The summed E-state index contributed by atoms with van der Waals surface area (Å²) in [5.74, 6) is 0.650. The maximum absolute atomic E-state index is 10.0. The molecule has 4 heteroatoms. The number of hydrogen-bond donors (Lipinski definition) is 3. The van der Waals surface area contributed by atoms with E-state index in [1.807, 2.05) is 12.1 Å². The molecule has 0 amide bonds. The quantitative estimate of drug-likeness (QED) is 0.668. The monoisotopic (exact) mass is 277 g/mol. The number of hydrogen-bond acceptors (Lipinski definition) is 4. The van der Waals surface area contributed by atoms with Gasteiger partial charge >= 0.3 is 0 Å². The Morgan fingerprint density at radius 2 is 2.20 bits per heavy atom. The van der Waals surface area contributed by atoms with Crippen molar-refractivity contribution in [2.45, 2.75) is 37.8 Å². The average molecular weight is 277 g/mol. The normalized spacial score (nSPS) is 16.5. The van der Waals surface area contributed by atoms with Crippen molar-refractivity contribution in [3.63, 3.8) is 0 Å². The van der Waals surface area contributed by atoms with Crippen molar-refractivity contribution in [1.29, 1.82) is 0 Å². The zero-order chi connectivity index (χ0) is 14.6. The van der Waals surface area contributed by atoms with E-state index in [4.69, 9.17) is 4.74 Å². The molecule has 0 aliphatic heterocycles. The summed E-state index contributed by atoms with van der Waals surface area (Å²) in [6.45, 7) is 4.94. The Labute approximate surface area is 120 Å². The van der Waals surface area contributed by atoms with Gasteiger partial charge in [-0.05, 0) is 37.3 Å². The summed E-state index contributed by atoms with van der Waals surface area (Å²) in [5.41, 5.74) is 1.31. The van der Waals surface area contributed by atoms with Crippen LogP contribution >= 0.6 is 0 Å². The summed E-state index contributed by atoms with van der Waals surface area (Å²) in [5, 5.41) is 23.3. The SMILES string of the molecule is C=CCc1cc(CNCC2(O)CCC2)cc(OC)c1O. The molecule has 0 atom stereocenters. The number of nitrogens with one attached hydrogen (secondary N) is 1. The smallest absolute Gasteiger partial charge is 0.161 e. The molecule has 1 aliphatic carbocycles. The van der Waals surface area contributed by atoms with Crippen LogP contribution in [0.2, 0.25) is 0 Å². The lowest BCUT2D eigenvalue weighted by molar-refractivity contribution is -0.0314. The van der Waals surface area contributed by atoms with Crippen LogP contribution < -0.4 is 10.1 Å². The van der Waals surface area contributed by atoms with Crippen molar-refractivity contribution in [3.05, 3.63) is 35.9 Å². The van der Waals surface area contributed by atoms with E-state index in [0.29, 0.717) is 25.3 Å². The minimum atomic E-state index is -0.523. The molecule has 110 valence electrons. The molecule has 0 heterocycles. The van der Waals surface area contributed by atoms with Crippen LogP contribution in [0.25, 0.3) is 0 Å². The molecule has 1 aromatic rings. The van der Waals surface area contributed by atoms with Crippen molar-refractivity contribution in [2.24, 2.45) is 0 Å². The Bertz CT molecular complexity index is 481. The Kier molecular flexibility index (Phi) is 4.68. The highest BCUT2D eigenvalue weighted by molar-refractivity contribution is 5.49. The minimum Gasteiger partial charge on any atom is -0.504 e. The van der Waals surface area contributed by atoms with Gasteiger partial charge in [0.1, 0.15) is 0 Å². The van der Waals surface area contributed by atoms with Crippen LogP contribution in [0.15, 0.2) is 24.8 Å². The van der Waals surface area contributed by atoms with Crippen molar-refractivity contribution < 1.29 is 14.9 Å². The van der Waals surface area contributed by atoms with Gasteiger partial charge in [0.05, 0.1) is 12.7 Å². The first-order valence-corrected chi connectivity index (χ1v) is 7.01. The number of allylic oxidation sites excluding steroid dienone is 1. The standard InChI is InChI=1S/C16H23NO3/c1-3-5-13-8-12(9-14(20-2)15(13)18)10-17-11-16(19)6-4-7-16/h3,8-9,17-19H,1,4-7,10-11H2,2H3. The van der Waals surface area contributed by atoms with Gasteiger partial charge in [0.15, 0.2) is 11.5 Å². The van der Waals surface area contributed by atoms with Crippen LogP contribution in [-0.4, -0.2) is 29.5 Å². The fraction of sp³-hybridized carbons (Fsp3) is 0.500. The van der Waals surface area contributed by atoms with E-state index < -0.39 is 5.60 Å². The molecule has 20 heavy (non-hydrogen) atoms. The molecule has 1 aliphatic rings. The van der Waals surface area contributed by atoms with Gasteiger partial charge < -0.3 is 20.3 Å². The first kappa shape index (κ1) is 14.9. The third-order valence-electron chi connectivity index (χ3n) is 3.87. The number of aliphatic hydroxyl groups is 1. The fourth-order valence-corrected chi connectivity index (χ4v) is 2.50. The molecule has 0 saturated heterocycles. The molecule has 1 aromatic carbocycles. The Morgan fingerprint density at radius 1 is 1.45 bits per heavy atom. The predicted octanol–water partition coefficient (Wildman–Crippen LogP) is 2.13. The number of ether oxygens (including phenoxy) is 1. The van der Waals surface area contributed by atoms with E-state index in [9.17, 15) is 10.2 Å². The third kappa shape index (κ3) is 3.32. The van der Waals surface area contributed by atoms with Crippen LogP contribution in [0.4, 0.5) is 0 Å². The second kappa shape index (κ2) is 6.29. The molecule has 3 N–H and O–H groups in total. The van der Waals surface area contributed by atoms with Gasteiger partial charge in [-0.25, -0.2) is 0 Å². The Balaban J connectivity index is 2.02. The molecule has 0 radical (unpaired) electrons. The lowest BCUT2D eigenvalue weighted by Gasteiger charge is -2.36. The first-order valence-electron chi connectivity index (χ1n) is 7.01. The summed E-state index contributed by atoms with van der Waals surface area (Å²) >= 11 is 0. The third-order valence-corrected chi connectivity index (χ3v) is 3.87. The van der Waals surface area contributed by atoms with Crippen LogP contribution in [-0.2, 0) is 13.0 Å². The number of phenols is 1. The zero-order valence-corrected chi connectivity index (χ0v) is 12.0. The summed E-state index contributed by atoms with van der Waals surface area (Å²) < 4.78 is 5.19. The van der Waals surface area contributed by atoms with Crippen LogP contribution in [0.5, 0.6) is 11.5 Å². The summed E-state index contributed by atoms with van der Waals surface area (Å²) in [4.78, 5) is 0. The van der Waals surface area contributed by atoms with Crippen LogP contribution in [0.3, 0.4) is 0 Å². The van der Waals surface area contributed by atoms with Crippen molar-refractivity contribution >= 4 is 0 Å². The van der Waals surface area contributed by atoms with E-state index in [1.165, 1.54) is 0 Å². The first-order chi connectivity index (χ1) is 9.58. The Morgan fingerprint density at radius 3 is 2.75 bits per heavy atom.